The normalized spacial score (nSPS) is 10.1. The highest BCUT2D eigenvalue weighted by Gasteiger charge is 2.01. The van der Waals surface area contributed by atoms with E-state index in [4.69, 9.17) is 14.2 Å². The van der Waals surface area contributed by atoms with Gasteiger partial charge in [-0.05, 0) is 0 Å². The lowest BCUT2D eigenvalue weighted by atomic mass is 10.6. The number of methoxy groups -OCH3 is 2. The maximum absolute atomic E-state index is 4.91. The quantitative estimate of drug-likeness (QED) is 0.331. The molecular weight excluding hydrogens is 146 g/mol. The molecule has 0 aliphatic carbocycles. The highest BCUT2D eigenvalue weighted by atomic mass is 16.7. The molecule has 0 bridgehead atoms. The van der Waals surface area contributed by atoms with Crippen molar-refractivity contribution in [2.24, 2.45) is 0 Å². The smallest absolute Gasteiger partial charge is 0.169 e. The molecule has 11 heavy (non-hydrogen) atoms. The Morgan fingerprint density at radius 3 is 2.55 bits per heavy atom. The molecule has 0 saturated heterocycles. The minimum absolute atomic E-state index is 0.219. The molecule has 0 rings (SSSR count). The third-order valence-electron chi connectivity index (χ3n) is 1.14. The Hall–Kier alpha value is -0.580. The highest BCUT2D eigenvalue weighted by Crippen LogP contribution is 1.86. The summed E-state index contributed by atoms with van der Waals surface area (Å²) in [6.07, 6.45) is 1.16. The molecule has 0 aromatic carbocycles. The van der Waals surface area contributed by atoms with E-state index < -0.39 is 0 Å². The minimum Gasteiger partial charge on any atom is -0.487 e. The average Bonchev–Trinajstić information content (AvgIpc) is 2.05. The molecular formula is C7H15NO3. The first-order valence-corrected chi connectivity index (χ1v) is 3.34. The second-order valence-corrected chi connectivity index (χ2v) is 1.83. The second kappa shape index (κ2) is 7.53. The summed E-state index contributed by atoms with van der Waals surface area (Å²) in [4.78, 5) is 0. The van der Waals surface area contributed by atoms with Gasteiger partial charge < -0.3 is 14.2 Å². The van der Waals surface area contributed by atoms with Gasteiger partial charge in [-0.2, -0.15) is 0 Å². The fourth-order valence-electron chi connectivity index (χ4n) is 0.558. The van der Waals surface area contributed by atoms with Crippen molar-refractivity contribution in [2.45, 2.75) is 6.29 Å². The van der Waals surface area contributed by atoms with Crippen LogP contribution in [0, 0.1) is 0 Å². The SMILES string of the molecule is C=COCNCC(OC)OC. The lowest BCUT2D eigenvalue weighted by Gasteiger charge is -2.13. The fraction of sp³-hybridized carbons (Fsp3) is 0.714. The van der Waals surface area contributed by atoms with Gasteiger partial charge in [-0.3, -0.25) is 5.32 Å². The van der Waals surface area contributed by atoms with Crippen molar-refractivity contribution in [3.8, 4) is 0 Å². The van der Waals surface area contributed by atoms with E-state index in [1.165, 1.54) is 6.26 Å². The van der Waals surface area contributed by atoms with Crippen molar-refractivity contribution < 1.29 is 14.2 Å². The Labute approximate surface area is 67.1 Å². The van der Waals surface area contributed by atoms with E-state index in [0.29, 0.717) is 13.3 Å². The van der Waals surface area contributed by atoms with Crippen LogP contribution in [0.2, 0.25) is 0 Å². The zero-order valence-electron chi connectivity index (χ0n) is 7.00. The van der Waals surface area contributed by atoms with Gasteiger partial charge in [-0.15, -0.1) is 0 Å². The Kier molecular flexibility index (Phi) is 7.13. The standard InChI is InChI=1S/C7H15NO3/c1-4-11-6-8-5-7(9-2)10-3/h4,7-8H,1,5-6H2,2-3H3. The highest BCUT2D eigenvalue weighted by molar-refractivity contribution is 4.50. The Balaban J connectivity index is 3.13. The molecule has 4 heteroatoms. The predicted octanol–water partition coefficient (Wildman–Crippen LogP) is 0.312. The number of ether oxygens (including phenoxy) is 3. The zero-order valence-corrected chi connectivity index (χ0v) is 7.00. The van der Waals surface area contributed by atoms with Gasteiger partial charge in [0.2, 0.25) is 0 Å². The van der Waals surface area contributed by atoms with Crippen LogP contribution in [-0.2, 0) is 14.2 Å². The molecule has 0 fully saturated rings. The van der Waals surface area contributed by atoms with Crippen LogP contribution in [0.3, 0.4) is 0 Å². The minimum atomic E-state index is -0.219. The molecule has 0 amide bonds. The molecule has 4 nitrogen and oxygen atoms in total. The van der Waals surface area contributed by atoms with Crippen LogP contribution in [-0.4, -0.2) is 33.8 Å². The number of rotatable bonds is 7. The van der Waals surface area contributed by atoms with Gasteiger partial charge in [0.05, 0.1) is 6.26 Å². The monoisotopic (exact) mass is 161 g/mol. The first-order chi connectivity index (χ1) is 5.35. The Bertz CT molecular complexity index is 93.7. The Morgan fingerprint density at radius 1 is 1.45 bits per heavy atom. The molecule has 0 aliphatic rings. The van der Waals surface area contributed by atoms with Crippen molar-refractivity contribution in [2.75, 3.05) is 27.5 Å². The van der Waals surface area contributed by atoms with Crippen molar-refractivity contribution in [1.29, 1.82) is 0 Å². The van der Waals surface area contributed by atoms with Crippen LogP contribution in [0.25, 0.3) is 0 Å². The molecule has 0 heterocycles. The molecule has 1 N–H and O–H groups in total. The van der Waals surface area contributed by atoms with E-state index in [-0.39, 0.29) is 6.29 Å². The van der Waals surface area contributed by atoms with Crippen LogP contribution >= 0.6 is 0 Å². The van der Waals surface area contributed by atoms with Gasteiger partial charge in [0.1, 0.15) is 6.73 Å². The maximum atomic E-state index is 4.91. The van der Waals surface area contributed by atoms with Gasteiger partial charge in [-0.25, -0.2) is 0 Å². The molecule has 0 atom stereocenters. The van der Waals surface area contributed by atoms with E-state index in [0.717, 1.165) is 0 Å². The summed E-state index contributed by atoms with van der Waals surface area (Å²) in [6, 6.07) is 0. The molecule has 66 valence electrons. The number of nitrogens with one attached hydrogen (secondary N) is 1. The molecule has 0 spiro atoms. The van der Waals surface area contributed by atoms with E-state index in [1.807, 2.05) is 0 Å². The number of hydrogen-bond donors (Lipinski definition) is 1. The third-order valence-corrected chi connectivity index (χ3v) is 1.14. The van der Waals surface area contributed by atoms with Crippen LogP contribution in [0.4, 0.5) is 0 Å². The first-order valence-electron chi connectivity index (χ1n) is 3.34. The van der Waals surface area contributed by atoms with Gasteiger partial charge >= 0.3 is 0 Å². The summed E-state index contributed by atoms with van der Waals surface area (Å²) >= 11 is 0. The van der Waals surface area contributed by atoms with Crippen molar-refractivity contribution in [1.82, 2.24) is 5.32 Å². The summed E-state index contributed by atoms with van der Waals surface area (Å²) in [5.74, 6) is 0. The molecule has 0 aromatic heterocycles. The largest absolute Gasteiger partial charge is 0.487 e. The average molecular weight is 161 g/mol. The summed E-state index contributed by atoms with van der Waals surface area (Å²) < 4.78 is 14.6. The first kappa shape index (κ1) is 10.4. The lowest BCUT2D eigenvalue weighted by molar-refractivity contribution is -0.101. The predicted molar refractivity (Wildman–Crippen MR) is 42.0 cm³/mol. The van der Waals surface area contributed by atoms with E-state index >= 15 is 0 Å². The van der Waals surface area contributed by atoms with Crippen LogP contribution in [0.1, 0.15) is 0 Å². The lowest BCUT2D eigenvalue weighted by Crippen LogP contribution is -2.30. The Morgan fingerprint density at radius 2 is 2.09 bits per heavy atom. The fourth-order valence-corrected chi connectivity index (χ4v) is 0.558. The second-order valence-electron chi connectivity index (χ2n) is 1.83. The zero-order chi connectivity index (χ0) is 8.53. The topological polar surface area (TPSA) is 39.7 Å². The van der Waals surface area contributed by atoms with E-state index in [2.05, 4.69) is 11.9 Å². The van der Waals surface area contributed by atoms with E-state index in [9.17, 15) is 0 Å². The van der Waals surface area contributed by atoms with Crippen molar-refractivity contribution in [3.05, 3.63) is 12.8 Å². The van der Waals surface area contributed by atoms with Gasteiger partial charge in [0, 0.05) is 20.8 Å². The molecule has 0 aromatic rings. The van der Waals surface area contributed by atoms with Crippen LogP contribution < -0.4 is 5.32 Å². The summed E-state index contributed by atoms with van der Waals surface area (Å²) in [7, 11) is 3.18. The summed E-state index contributed by atoms with van der Waals surface area (Å²) in [5.41, 5.74) is 0. The van der Waals surface area contributed by atoms with Gasteiger partial charge in [-0.1, -0.05) is 6.58 Å². The molecule has 0 aliphatic heterocycles. The molecule has 0 radical (unpaired) electrons. The summed E-state index contributed by atoms with van der Waals surface area (Å²) in [6.45, 7) is 4.41. The molecule has 0 saturated carbocycles. The number of hydrogen-bond acceptors (Lipinski definition) is 4. The third kappa shape index (κ3) is 5.84. The maximum Gasteiger partial charge on any atom is 0.169 e. The van der Waals surface area contributed by atoms with Crippen LogP contribution in [0.15, 0.2) is 12.8 Å². The van der Waals surface area contributed by atoms with Gasteiger partial charge in [0.15, 0.2) is 6.29 Å². The van der Waals surface area contributed by atoms with Crippen molar-refractivity contribution in [3.63, 3.8) is 0 Å². The van der Waals surface area contributed by atoms with Gasteiger partial charge in [0.25, 0.3) is 0 Å². The summed E-state index contributed by atoms with van der Waals surface area (Å²) in [5, 5.41) is 2.94. The van der Waals surface area contributed by atoms with Crippen molar-refractivity contribution >= 4 is 0 Å². The van der Waals surface area contributed by atoms with E-state index in [1.54, 1.807) is 14.2 Å². The molecule has 0 unspecified atom stereocenters. The van der Waals surface area contributed by atoms with Crippen LogP contribution in [0.5, 0.6) is 0 Å².